The minimum absolute atomic E-state index is 0.0811. The highest BCUT2D eigenvalue weighted by Gasteiger charge is 2.17. The lowest BCUT2D eigenvalue weighted by molar-refractivity contribution is -0.120. The third-order valence-electron chi connectivity index (χ3n) is 3.83. The van der Waals surface area contributed by atoms with Crippen LogP contribution in [0.3, 0.4) is 0 Å². The Bertz CT molecular complexity index is 786. The summed E-state index contributed by atoms with van der Waals surface area (Å²) in [5.41, 5.74) is 2.05. The fourth-order valence-electron chi connectivity index (χ4n) is 2.54. The van der Waals surface area contributed by atoms with E-state index in [1.54, 1.807) is 6.26 Å². The number of amides is 1. The fourth-order valence-corrected chi connectivity index (χ4v) is 2.67. The highest BCUT2D eigenvalue weighted by Crippen LogP contribution is 2.21. The van der Waals surface area contributed by atoms with Crippen LogP contribution in [-0.4, -0.2) is 12.5 Å². The quantitative estimate of drug-likeness (QED) is 0.676. The number of carbonyl (C=O) groups excluding carboxylic acids is 1. The van der Waals surface area contributed by atoms with Gasteiger partial charge in [0.1, 0.15) is 5.76 Å². The van der Waals surface area contributed by atoms with Gasteiger partial charge in [-0.1, -0.05) is 54.1 Å². The van der Waals surface area contributed by atoms with Crippen molar-refractivity contribution >= 4 is 17.5 Å². The van der Waals surface area contributed by atoms with Crippen LogP contribution < -0.4 is 10.6 Å². The monoisotopic (exact) mass is 354 g/mol. The van der Waals surface area contributed by atoms with Crippen molar-refractivity contribution in [3.8, 4) is 0 Å². The maximum atomic E-state index is 12.2. The molecule has 0 aliphatic carbocycles. The van der Waals surface area contributed by atoms with Crippen LogP contribution in [0.5, 0.6) is 0 Å². The van der Waals surface area contributed by atoms with Crippen molar-refractivity contribution in [1.29, 1.82) is 0 Å². The summed E-state index contributed by atoms with van der Waals surface area (Å²) in [7, 11) is 0. The van der Waals surface area contributed by atoms with E-state index in [1.807, 2.05) is 66.7 Å². The molecule has 4 nitrogen and oxygen atoms in total. The first-order valence-electron chi connectivity index (χ1n) is 8.05. The van der Waals surface area contributed by atoms with Crippen LogP contribution in [0.15, 0.2) is 77.4 Å². The van der Waals surface area contributed by atoms with Gasteiger partial charge in [-0.2, -0.15) is 0 Å². The molecule has 0 radical (unpaired) electrons. The summed E-state index contributed by atoms with van der Waals surface area (Å²) in [4.78, 5) is 12.2. The third-order valence-corrected chi connectivity index (χ3v) is 4.08. The van der Waals surface area contributed by atoms with Gasteiger partial charge >= 0.3 is 0 Å². The number of halogens is 1. The summed E-state index contributed by atoms with van der Waals surface area (Å²) in [6.45, 7) is 0.655. The molecule has 1 atom stereocenters. The minimum atomic E-state index is -0.169. The molecule has 2 aromatic carbocycles. The number of furan rings is 1. The van der Waals surface area contributed by atoms with Gasteiger partial charge in [0, 0.05) is 11.6 Å². The molecule has 0 saturated carbocycles. The standard InChI is InChI=1S/C20H19ClN2O2/c21-17-10-8-15(9-11-17)13-22-19(24)14-23-20(18-7-4-12-25-18)16-5-2-1-3-6-16/h1-12,20,23H,13-14H2,(H,22,24)/t20-/m0/s1. The van der Waals surface area contributed by atoms with Crippen LogP contribution in [0.1, 0.15) is 22.9 Å². The number of benzene rings is 2. The minimum Gasteiger partial charge on any atom is -0.467 e. The molecule has 0 unspecified atom stereocenters. The van der Waals surface area contributed by atoms with E-state index >= 15 is 0 Å². The zero-order valence-corrected chi connectivity index (χ0v) is 14.4. The highest BCUT2D eigenvalue weighted by molar-refractivity contribution is 6.30. The Kier molecular flexibility index (Phi) is 5.88. The first kappa shape index (κ1) is 17.3. The van der Waals surface area contributed by atoms with E-state index < -0.39 is 0 Å². The van der Waals surface area contributed by atoms with E-state index in [4.69, 9.17) is 16.0 Å². The molecule has 3 rings (SSSR count). The van der Waals surface area contributed by atoms with Gasteiger partial charge in [0.25, 0.3) is 0 Å². The normalized spacial score (nSPS) is 11.9. The van der Waals surface area contributed by atoms with Gasteiger partial charge in [0.15, 0.2) is 0 Å². The number of hydrogen-bond acceptors (Lipinski definition) is 3. The van der Waals surface area contributed by atoms with Crippen molar-refractivity contribution in [2.45, 2.75) is 12.6 Å². The summed E-state index contributed by atoms with van der Waals surface area (Å²) in [6.07, 6.45) is 1.63. The van der Waals surface area contributed by atoms with Gasteiger partial charge in [0.2, 0.25) is 5.91 Å². The predicted octanol–water partition coefficient (Wildman–Crippen LogP) is 3.93. The highest BCUT2D eigenvalue weighted by atomic mass is 35.5. The number of hydrogen-bond donors (Lipinski definition) is 2. The average Bonchev–Trinajstić information content (AvgIpc) is 3.17. The molecule has 0 aliphatic heterocycles. The van der Waals surface area contributed by atoms with Crippen LogP contribution in [0.2, 0.25) is 5.02 Å². The summed E-state index contributed by atoms with van der Waals surface area (Å²) < 4.78 is 5.52. The van der Waals surface area contributed by atoms with E-state index in [0.29, 0.717) is 11.6 Å². The molecule has 0 spiro atoms. The molecule has 0 aliphatic rings. The SMILES string of the molecule is O=C(CN[C@@H](c1ccccc1)c1ccco1)NCc1ccc(Cl)cc1. The molecule has 128 valence electrons. The molecule has 0 fully saturated rings. The molecule has 0 bridgehead atoms. The summed E-state index contributed by atoms with van der Waals surface area (Å²) >= 11 is 5.86. The van der Waals surface area contributed by atoms with Crippen molar-refractivity contribution in [3.05, 3.63) is 94.9 Å². The van der Waals surface area contributed by atoms with E-state index in [9.17, 15) is 4.79 Å². The Hall–Kier alpha value is -2.56. The third kappa shape index (κ3) is 4.95. The van der Waals surface area contributed by atoms with E-state index in [2.05, 4.69) is 10.6 Å². The van der Waals surface area contributed by atoms with Crippen molar-refractivity contribution < 1.29 is 9.21 Å². The van der Waals surface area contributed by atoms with Gasteiger partial charge in [-0.3, -0.25) is 10.1 Å². The van der Waals surface area contributed by atoms with Crippen molar-refractivity contribution in [2.24, 2.45) is 0 Å². The smallest absolute Gasteiger partial charge is 0.234 e. The summed E-state index contributed by atoms with van der Waals surface area (Å²) in [5, 5.41) is 6.83. The van der Waals surface area contributed by atoms with Crippen LogP contribution in [-0.2, 0) is 11.3 Å². The molecule has 1 heterocycles. The van der Waals surface area contributed by atoms with Crippen molar-refractivity contribution in [3.63, 3.8) is 0 Å². The van der Waals surface area contributed by atoms with Crippen molar-refractivity contribution in [1.82, 2.24) is 10.6 Å². The molecule has 0 saturated heterocycles. The van der Waals surface area contributed by atoms with E-state index in [0.717, 1.165) is 16.9 Å². The van der Waals surface area contributed by atoms with Gasteiger partial charge in [-0.25, -0.2) is 0 Å². The molecule has 1 aromatic heterocycles. The molecular weight excluding hydrogens is 336 g/mol. The summed E-state index contributed by atoms with van der Waals surface area (Å²) in [5.74, 6) is 0.694. The van der Waals surface area contributed by atoms with Gasteiger partial charge in [-0.05, 0) is 35.4 Å². The Morgan fingerprint density at radius 3 is 2.44 bits per heavy atom. The lowest BCUT2D eigenvalue weighted by atomic mass is 10.0. The Morgan fingerprint density at radius 2 is 1.76 bits per heavy atom. The lowest BCUT2D eigenvalue weighted by Crippen LogP contribution is -2.35. The van der Waals surface area contributed by atoms with Crippen LogP contribution in [0.25, 0.3) is 0 Å². The predicted molar refractivity (Wildman–Crippen MR) is 98.3 cm³/mol. The molecule has 3 aromatic rings. The molecule has 1 amide bonds. The largest absolute Gasteiger partial charge is 0.467 e. The second-order valence-corrected chi connectivity index (χ2v) is 6.08. The van der Waals surface area contributed by atoms with Crippen LogP contribution in [0.4, 0.5) is 0 Å². The lowest BCUT2D eigenvalue weighted by Gasteiger charge is -2.17. The first-order chi connectivity index (χ1) is 12.2. The molecule has 2 N–H and O–H groups in total. The van der Waals surface area contributed by atoms with Gasteiger partial charge < -0.3 is 9.73 Å². The molecule has 25 heavy (non-hydrogen) atoms. The van der Waals surface area contributed by atoms with Crippen molar-refractivity contribution in [2.75, 3.05) is 6.54 Å². The maximum absolute atomic E-state index is 12.2. The zero-order chi connectivity index (χ0) is 17.5. The first-order valence-corrected chi connectivity index (χ1v) is 8.43. The second kappa shape index (κ2) is 8.51. The second-order valence-electron chi connectivity index (χ2n) is 5.64. The number of rotatable bonds is 7. The van der Waals surface area contributed by atoms with Crippen LogP contribution in [0, 0.1) is 0 Å². The molecular formula is C20H19ClN2O2. The average molecular weight is 355 g/mol. The Labute approximate surface area is 151 Å². The van der Waals surface area contributed by atoms with E-state index in [-0.39, 0.29) is 18.5 Å². The van der Waals surface area contributed by atoms with Gasteiger partial charge in [-0.15, -0.1) is 0 Å². The topological polar surface area (TPSA) is 54.3 Å². The Morgan fingerprint density at radius 1 is 1.00 bits per heavy atom. The maximum Gasteiger partial charge on any atom is 0.234 e. The number of nitrogens with one attached hydrogen (secondary N) is 2. The number of carbonyl (C=O) groups is 1. The zero-order valence-electron chi connectivity index (χ0n) is 13.6. The molecule has 5 heteroatoms. The van der Waals surface area contributed by atoms with Crippen LogP contribution >= 0.6 is 11.6 Å². The Balaban J connectivity index is 1.57. The fraction of sp³-hybridized carbons (Fsp3) is 0.150. The van der Waals surface area contributed by atoms with E-state index in [1.165, 1.54) is 0 Å². The summed E-state index contributed by atoms with van der Waals surface area (Å²) in [6, 6.07) is 20.9. The van der Waals surface area contributed by atoms with Gasteiger partial charge in [0.05, 0.1) is 18.8 Å².